The van der Waals surface area contributed by atoms with E-state index in [9.17, 15) is 22.1 Å². The first-order valence-electron chi connectivity index (χ1n) is 3.86. The van der Waals surface area contributed by atoms with Gasteiger partial charge in [0.05, 0.1) is 0 Å². The first kappa shape index (κ1) is 14.8. The lowest BCUT2D eigenvalue weighted by Gasteiger charge is -2.25. The molecule has 0 fully saturated rings. The largest absolute Gasteiger partial charge is 0.472 e. The zero-order valence-corrected chi connectivity index (χ0v) is 8.94. The Kier molecular flexibility index (Phi) is 4.72. The Morgan fingerprint density at radius 1 is 1.27 bits per heavy atom. The molecule has 0 aliphatic carbocycles. The predicted octanol–water partition coefficient (Wildman–Crippen LogP) is 2.43. The minimum absolute atomic E-state index is 0.733. The van der Waals surface area contributed by atoms with E-state index in [4.69, 9.17) is 4.89 Å². The second-order valence-electron chi connectivity index (χ2n) is 2.69. The Morgan fingerprint density at radius 2 is 1.73 bits per heavy atom. The molecule has 0 saturated heterocycles. The van der Waals surface area contributed by atoms with E-state index in [1.54, 1.807) is 0 Å². The highest BCUT2D eigenvalue weighted by Gasteiger charge is 2.55. The molecule has 0 bridgehead atoms. The van der Waals surface area contributed by atoms with Crippen LogP contribution in [0.1, 0.15) is 13.3 Å². The number of hydrogen-bond donors (Lipinski definition) is 1. The van der Waals surface area contributed by atoms with Gasteiger partial charge in [-0.2, -0.15) is 17.6 Å². The van der Waals surface area contributed by atoms with Gasteiger partial charge in [-0.3, -0.25) is 9.05 Å². The average molecular weight is 254 g/mol. The highest BCUT2D eigenvalue weighted by Crippen LogP contribution is 2.46. The number of hydrogen-bond acceptors (Lipinski definition) is 3. The molecule has 0 saturated carbocycles. The highest BCUT2D eigenvalue weighted by molar-refractivity contribution is 7.47. The van der Waals surface area contributed by atoms with E-state index in [0.29, 0.717) is 0 Å². The summed E-state index contributed by atoms with van der Waals surface area (Å²) in [5.41, 5.74) is 0. The minimum Gasteiger partial charge on any atom is -0.302 e. The maximum absolute atomic E-state index is 12.7. The summed E-state index contributed by atoms with van der Waals surface area (Å²) >= 11 is 0. The summed E-state index contributed by atoms with van der Waals surface area (Å²) < 4.78 is 68.6. The van der Waals surface area contributed by atoms with Gasteiger partial charge in [0, 0.05) is 13.5 Å². The molecule has 1 unspecified atom stereocenters. The Hall–Kier alpha value is -0.170. The molecule has 0 aromatic rings. The van der Waals surface area contributed by atoms with Crippen molar-refractivity contribution in [2.75, 3.05) is 13.7 Å². The summed E-state index contributed by atoms with van der Waals surface area (Å²) in [7, 11) is -3.93. The first-order chi connectivity index (χ1) is 6.58. The number of phosphoric acid groups is 1. The van der Waals surface area contributed by atoms with Gasteiger partial charge in [-0.05, 0) is 0 Å². The standard InChI is InChI=1S/C6H11F4O4P/c1-3-5(7,8)6(9,10)4-14-15(11,12)13-2/h3-4H2,1-2H3,(H,11,12). The molecule has 0 heterocycles. The van der Waals surface area contributed by atoms with Gasteiger partial charge in [-0.25, -0.2) is 4.57 Å². The molecule has 0 radical (unpaired) electrons. The number of phosphoric ester groups is 1. The van der Waals surface area contributed by atoms with E-state index < -0.39 is 32.7 Å². The Balaban J connectivity index is 4.47. The Morgan fingerprint density at radius 3 is 2.07 bits per heavy atom. The van der Waals surface area contributed by atoms with Gasteiger partial charge in [-0.15, -0.1) is 0 Å². The average Bonchev–Trinajstić information content (AvgIpc) is 2.15. The third-order valence-electron chi connectivity index (χ3n) is 1.62. The molecule has 0 aliphatic heterocycles. The molecule has 9 heteroatoms. The van der Waals surface area contributed by atoms with Gasteiger partial charge in [-0.1, -0.05) is 6.92 Å². The van der Waals surface area contributed by atoms with Crippen molar-refractivity contribution in [2.24, 2.45) is 0 Å². The maximum atomic E-state index is 12.7. The van der Waals surface area contributed by atoms with Gasteiger partial charge < -0.3 is 4.89 Å². The molecular weight excluding hydrogens is 243 g/mol. The molecule has 0 spiro atoms. The summed E-state index contributed by atoms with van der Waals surface area (Å²) in [5, 5.41) is 0. The molecule has 1 atom stereocenters. The molecular formula is C6H11F4O4P. The predicted molar refractivity (Wildman–Crippen MR) is 43.0 cm³/mol. The monoisotopic (exact) mass is 254 g/mol. The quantitative estimate of drug-likeness (QED) is 0.584. The lowest BCUT2D eigenvalue weighted by molar-refractivity contribution is -0.223. The zero-order valence-electron chi connectivity index (χ0n) is 8.05. The van der Waals surface area contributed by atoms with Crippen LogP contribution in [-0.2, 0) is 13.6 Å². The van der Waals surface area contributed by atoms with Crippen LogP contribution in [0, 0.1) is 0 Å². The lowest BCUT2D eigenvalue weighted by Crippen LogP contribution is -2.43. The number of halogens is 4. The molecule has 0 amide bonds. The van der Waals surface area contributed by atoms with Crippen molar-refractivity contribution in [3.8, 4) is 0 Å². The normalized spacial score (nSPS) is 17.5. The van der Waals surface area contributed by atoms with E-state index in [1.807, 2.05) is 0 Å². The molecule has 4 nitrogen and oxygen atoms in total. The van der Waals surface area contributed by atoms with E-state index in [0.717, 1.165) is 14.0 Å². The van der Waals surface area contributed by atoms with Crippen molar-refractivity contribution in [3.05, 3.63) is 0 Å². The molecule has 92 valence electrons. The number of alkyl halides is 4. The molecule has 0 aromatic carbocycles. The fraction of sp³-hybridized carbons (Fsp3) is 1.00. The first-order valence-corrected chi connectivity index (χ1v) is 5.36. The lowest BCUT2D eigenvalue weighted by atomic mass is 10.1. The second-order valence-corrected chi connectivity index (χ2v) is 4.25. The maximum Gasteiger partial charge on any atom is 0.472 e. The van der Waals surface area contributed by atoms with E-state index >= 15 is 0 Å². The fourth-order valence-corrected chi connectivity index (χ4v) is 1.01. The van der Waals surface area contributed by atoms with Crippen molar-refractivity contribution in [1.29, 1.82) is 0 Å². The fourth-order valence-electron chi connectivity index (χ4n) is 0.580. The Labute approximate surface area is 83.8 Å². The van der Waals surface area contributed by atoms with Crippen LogP contribution in [0.4, 0.5) is 17.6 Å². The van der Waals surface area contributed by atoms with Crippen LogP contribution in [0.5, 0.6) is 0 Å². The van der Waals surface area contributed by atoms with Gasteiger partial charge in [0.15, 0.2) is 0 Å². The molecule has 1 N–H and O–H groups in total. The summed E-state index contributed by atoms with van der Waals surface area (Å²) in [4.78, 5) is 8.56. The van der Waals surface area contributed by atoms with Crippen LogP contribution in [0.2, 0.25) is 0 Å². The third kappa shape index (κ3) is 4.06. The Bertz CT molecular complexity index is 258. The highest BCUT2D eigenvalue weighted by atomic mass is 31.2. The van der Waals surface area contributed by atoms with Crippen LogP contribution in [0.3, 0.4) is 0 Å². The molecule has 0 aliphatic rings. The third-order valence-corrected chi connectivity index (χ3v) is 2.54. The summed E-state index contributed by atoms with van der Waals surface area (Å²) in [6, 6.07) is 0. The second kappa shape index (κ2) is 4.78. The summed E-state index contributed by atoms with van der Waals surface area (Å²) in [6.45, 7) is -1.02. The number of rotatable bonds is 6. The molecule has 0 aromatic heterocycles. The smallest absolute Gasteiger partial charge is 0.302 e. The minimum atomic E-state index is -4.66. The van der Waals surface area contributed by atoms with Crippen molar-refractivity contribution in [2.45, 2.75) is 25.2 Å². The van der Waals surface area contributed by atoms with E-state index in [2.05, 4.69) is 9.05 Å². The molecule has 0 rings (SSSR count). The summed E-state index contributed by atoms with van der Waals surface area (Å²) in [6.07, 6.45) is -1.11. The van der Waals surface area contributed by atoms with Crippen molar-refractivity contribution in [1.82, 2.24) is 0 Å². The van der Waals surface area contributed by atoms with Crippen molar-refractivity contribution >= 4 is 7.82 Å². The topological polar surface area (TPSA) is 55.8 Å². The van der Waals surface area contributed by atoms with Gasteiger partial charge in [0.1, 0.15) is 6.61 Å². The van der Waals surface area contributed by atoms with Gasteiger partial charge in [0.2, 0.25) is 0 Å². The van der Waals surface area contributed by atoms with E-state index in [-0.39, 0.29) is 0 Å². The molecule has 15 heavy (non-hydrogen) atoms. The summed E-state index contributed by atoms with van der Waals surface area (Å²) in [5.74, 6) is -8.81. The van der Waals surface area contributed by atoms with Gasteiger partial charge in [0.25, 0.3) is 0 Å². The van der Waals surface area contributed by atoms with Crippen LogP contribution in [0.25, 0.3) is 0 Å². The van der Waals surface area contributed by atoms with Crippen LogP contribution in [0.15, 0.2) is 0 Å². The van der Waals surface area contributed by atoms with Crippen LogP contribution < -0.4 is 0 Å². The van der Waals surface area contributed by atoms with E-state index in [1.165, 1.54) is 0 Å². The van der Waals surface area contributed by atoms with Crippen LogP contribution in [-0.4, -0.2) is 30.5 Å². The SMILES string of the molecule is CCC(F)(F)C(F)(F)COP(=O)(O)OC. The van der Waals surface area contributed by atoms with Crippen LogP contribution >= 0.6 is 7.82 Å². The van der Waals surface area contributed by atoms with Crippen molar-refractivity contribution in [3.63, 3.8) is 0 Å². The van der Waals surface area contributed by atoms with Crippen molar-refractivity contribution < 1.29 is 36.1 Å². The zero-order chi connectivity index (χ0) is 12.3. The van der Waals surface area contributed by atoms with Gasteiger partial charge >= 0.3 is 19.7 Å².